The van der Waals surface area contributed by atoms with Crippen molar-refractivity contribution in [1.82, 2.24) is 15.1 Å². The summed E-state index contributed by atoms with van der Waals surface area (Å²) in [5.74, 6) is 0.829. The van der Waals surface area contributed by atoms with E-state index >= 15 is 0 Å². The number of nitrogens with zero attached hydrogens (tertiary/aromatic N) is 2. The van der Waals surface area contributed by atoms with E-state index in [-0.39, 0.29) is 12.5 Å². The number of carbonyl (C=O) groups is 1. The molecule has 1 aliphatic rings. The van der Waals surface area contributed by atoms with E-state index in [2.05, 4.69) is 22.7 Å². The number of anilines is 1. The number of hydrogen-bond acceptors (Lipinski definition) is 3. The topological polar surface area (TPSA) is 59.0 Å². The Labute approximate surface area is 108 Å². The van der Waals surface area contributed by atoms with Crippen LogP contribution >= 0.6 is 0 Å². The molecule has 1 aliphatic carbocycles. The van der Waals surface area contributed by atoms with Gasteiger partial charge in [0, 0.05) is 19.3 Å². The number of carbonyl (C=O) groups excluding carboxylic acids is 1. The van der Waals surface area contributed by atoms with Gasteiger partial charge in [-0.15, -0.1) is 0 Å². The van der Waals surface area contributed by atoms with Crippen LogP contribution < -0.4 is 10.6 Å². The summed E-state index contributed by atoms with van der Waals surface area (Å²) in [6.07, 6.45) is 8.73. The van der Waals surface area contributed by atoms with Gasteiger partial charge in [0.25, 0.3) is 0 Å². The lowest BCUT2D eigenvalue weighted by atomic mass is 9.87. The molecule has 18 heavy (non-hydrogen) atoms. The van der Waals surface area contributed by atoms with E-state index < -0.39 is 0 Å². The summed E-state index contributed by atoms with van der Waals surface area (Å²) >= 11 is 0. The lowest BCUT2D eigenvalue weighted by molar-refractivity contribution is -0.121. The molecule has 1 saturated carbocycles. The third-order valence-electron chi connectivity index (χ3n) is 3.60. The van der Waals surface area contributed by atoms with Crippen molar-refractivity contribution >= 4 is 11.6 Å². The van der Waals surface area contributed by atoms with Gasteiger partial charge in [0.2, 0.25) is 5.91 Å². The molecule has 0 atom stereocenters. The van der Waals surface area contributed by atoms with Gasteiger partial charge in [-0.25, -0.2) is 0 Å². The Bertz CT molecular complexity index is 393. The second-order valence-corrected chi connectivity index (χ2v) is 5.20. The normalized spacial score (nSPS) is 23.7. The summed E-state index contributed by atoms with van der Waals surface area (Å²) in [6.45, 7) is 2.59. The highest BCUT2D eigenvalue weighted by Crippen LogP contribution is 2.25. The van der Waals surface area contributed by atoms with Crippen LogP contribution in [0.5, 0.6) is 0 Å². The van der Waals surface area contributed by atoms with E-state index in [1.165, 1.54) is 25.7 Å². The fourth-order valence-electron chi connectivity index (χ4n) is 2.39. The third kappa shape index (κ3) is 3.48. The van der Waals surface area contributed by atoms with Crippen molar-refractivity contribution in [3.63, 3.8) is 0 Å². The molecule has 0 unspecified atom stereocenters. The number of likely N-dealkylation sites (N-methyl/N-ethyl adjacent to an activating group) is 1. The largest absolute Gasteiger partial charge is 0.380 e. The molecule has 2 rings (SSSR count). The van der Waals surface area contributed by atoms with E-state index in [4.69, 9.17) is 0 Å². The zero-order chi connectivity index (χ0) is 13.0. The second-order valence-electron chi connectivity index (χ2n) is 5.20. The molecule has 1 amide bonds. The molecular formula is C13H22N4O. The lowest BCUT2D eigenvalue weighted by Crippen LogP contribution is -2.25. The first-order valence-electron chi connectivity index (χ1n) is 6.67. The molecule has 0 radical (unpaired) electrons. The second kappa shape index (κ2) is 5.89. The monoisotopic (exact) mass is 250 g/mol. The van der Waals surface area contributed by atoms with E-state index in [1.54, 1.807) is 17.9 Å². The third-order valence-corrected chi connectivity index (χ3v) is 3.60. The van der Waals surface area contributed by atoms with Gasteiger partial charge in [-0.3, -0.25) is 9.48 Å². The first-order valence-corrected chi connectivity index (χ1v) is 6.67. The van der Waals surface area contributed by atoms with Crippen LogP contribution in [0.25, 0.3) is 0 Å². The molecule has 0 saturated heterocycles. The molecule has 1 aromatic heterocycles. The smallest absolute Gasteiger partial charge is 0.241 e. The minimum atomic E-state index is -0.0314. The molecule has 5 heteroatoms. The average molecular weight is 250 g/mol. The van der Waals surface area contributed by atoms with Crippen molar-refractivity contribution in [2.75, 3.05) is 12.4 Å². The maximum Gasteiger partial charge on any atom is 0.241 e. The van der Waals surface area contributed by atoms with E-state index in [9.17, 15) is 4.79 Å². The number of rotatable bonds is 4. The highest BCUT2D eigenvalue weighted by atomic mass is 16.1. The molecule has 2 N–H and O–H groups in total. The summed E-state index contributed by atoms with van der Waals surface area (Å²) in [5.41, 5.74) is 1.01. The molecule has 0 aromatic carbocycles. The summed E-state index contributed by atoms with van der Waals surface area (Å²) in [4.78, 5) is 11.2. The Morgan fingerprint density at radius 2 is 2.17 bits per heavy atom. The van der Waals surface area contributed by atoms with Gasteiger partial charge in [0.05, 0.1) is 11.9 Å². The molecule has 1 heterocycles. The summed E-state index contributed by atoms with van der Waals surface area (Å²) in [5, 5.41) is 10.3. The van der Waals surface area contributed by atoms with Crippen LogP contribution in [0.4, 0.5) is 5.69 Å². The quantitative estimate of drug-likeness (QED) is 0.853. The number of hydrogen-bond donors (Lipinski definition) is 2. The van der Waals surface area contributed by atoms with Crippen molar-refractivity contribution in [3.05, 3.63) is 12.4 Å². The number of amides is 1. The van der Waals surface area contributed by atoms with Gasteiger partial charge in [-0.1, -0.05) is 6.92 Å². The van der Waals surface area contributed by atoms with Crippen molar-refractivity contribution < 1.29 is 4.79 Å². The van der Waals surface area contributed by atoms with Gasteiger partial charge in [0.15, 0.2) is 0 Å². The Kier molecular flexibility index (Phi) is 4.23. The minimum absolute atomic E-state index is 0.0314. The highest BCUT2D eigenvalue weighted by Gasteiger charge is 2.18. The van der Waals surface area contributed by atoms with Crippen LogP contribution in [0.3, 0.4) is 0 Å². The fraction of sp³-hybridized carbons (Fsp3) is 0.692. The first kappa shape index (κ1) is 12.9. The molecule has 0 aliphatic heterocycles. The Balaban J connectivity index is 1.84. The maximum absolute atomic E-state index is 11.2. The number of aromatic nitrogens is 2. The standard InChI is InChI=1S/C13H22N4O/c1-10-3-5-11(6-4-10)16-12-7-15-17(8-12)9-13(18)14-2/h7-8,10-11,16H,3-6,9H2,1-2H3,(H,14,18). The summed E-state index contributed by atoms with van der Waals surface area (Å²) in [6, 6.07) is 0.554. The molecule has 1 aromatic rings. The zero-order valence-electron chi connectivity index (χ0n) is 11.1. The predicted molar refractivity (Wildman–Crippen MR) is 71.3 cm³/mol. The number of nitrogens with one attached hydrogen (secondary N) is 2. The van der Waals surface area contributed by atoms with E-state index in [0.717, 1.165) is 11.6 Å². The first-order chi connectivity index (χ1) is 8.67. The lowest BCUT2D eigenvalue weighted by Gasteiger charge is -2.27. The van der Waals surface area contributed by atoms with Crippen molar-refractivity contribution in [2.45, 2.75) is 45.2 Å². The van der Waals surface area contributed by atoms with Crippen molar-refractivity contribution in [2.24, 2.45) is 5.92 Å². The van der Waals surface area contributed by atoms with E-state index in [0.29, 0.717) is 6.04 Å². The van der Waals surface area contributed by atoms with Gasteiger partial charge in [0.1, 0.15) is 6.54 Å². The summed E-state index contributed by atoms with van der Waals surface area (Å²) < 4.78 is 1.66. The van der Waals surface area contributed by atoms with Crippen LogP contribution in [-0.2, 0) is 11.3 Å². The van der Waals surface area contributed by atoms with Crippen LogP contribution in [0.2, 0.25) is 0 Å². The van der Waals surface area contributed by atoms with Crippen LogP contribution in [-0.4, -0.2) is 28.8 Å². The van der Waals surface area contributed by atoms with Gasteiger partial charge < -0.3 is 10.6 Å². The molecule has 0 bridgehead atoms. The average Bonchev–Trinajstić information content (AvgIpc) is 2.79. The van der Waals surface area contributed by atoms with Gasteiger partial charge >= 0.3 is 0 Å². The van der Waals surface area contributed by atoms with E-state index in [1.807, 2.05) is 6.20 Å². The fourth-order valence-corrected chi connectivity index (χ4v) is 2.39. The van der Waals surface area contributed by atoms with Gasteiger partial charge in [-0.2, -0.15) is 5.10 Å². The SMILES string of the molecule is CNC(=O)Cn1cc(NC2CCC(C)CC2)cn1. The molecule has 1 fully saturated rings. The zero-order valence-corrected chi connectivity index (χ0v) is 11.1. The summed E-state index contributed by atoms with van der Waals surface area (Å²) in [7, 11) is 1.63. The van der Waals surface area contributed by atoms with Crippen LogP contribution in [0.1, 0.15) is 32.6 Å². The molecule has 100 valence electrons. The van der Waals surface area contributed by atoms with Crippen molar-refractivity contribution in [1.29, 1.82) is 0 Å². The predicted octanol–water partition coefficient (Wildman–Crippen LogP) is 1.62. The van der Waals surface area contributed by atoms with Crippen molar-refractivity contribution in [3.8, 4) is 0 Å². The van der Waals surface area contributed by atoms with Gasteiger partial charge in [-0.05, 0) is 31.6 Å². The molecular weight excluding hydrogens is 228 g/mol. The van der Waals surface area contributed by atoms with Crippen LogP contribution in [0.15, 0.2) is 12.4 Å². The Morgan fingerprint density at radius 1 is 1.44 bits per heavy atom. The highest BCUT2D eigenvalue weighted by molar-refractivity contribution is 5.75. The minimum Gasteiger partial charge on any atom is -0.380 e. The molecule has 0 spiro atoms. The Morgan fingerprint density at radius 3 is 2.83 bits per heavy atom. The molecule has 5 nitrogen and oxygen atoms in total. The Hall–Kier alpha value is -1.52. The van der Waals surface area contributed by atoms with Crippen LogP contribution in [0, 0.1) is 5.92 Å². The maximum atomic E-state index is 11.2.